The van der Waals surface area contributed by atoms with Crippen LogP contribution < -0.4 is 4.72 Å². The summed E-state index contributed by atoms with van der Waals surface area (Å²) < 4.78 is 54.0. The number of aromatic nitrogens is 2. The molecule has 23 heavy (non-hydrogen) atoms. The summed E-state index contributed by atoms with van der Waals surface area (Å²) in [6.45, 7) is -0.235. The Morgan fingerprint density at radius 2 is 2.13 bits per heavy atom. The minimum Gasteiger partial charge on any atom is -0.505 e. The van der Waals surface area contributed by atoms with Gasteiger partial charge in [0.1, 0.15) is 10.9 Å². The summed E-state index contributed by atoms with van der Waals surface area (Å²) in [5.74, 6) is -3.38. The molecule has 1 aliphatic rings. The molecule has 2 aromatic rings. The summed E-state index contributed by atoms with van der Waals surface area (Å²) in [6, 6.07) is 4.33. The zero-order chi connectivity index (χ0) is 16.8. The Morgan fingerprint density at radius 3 is 2.78 bits per heavy atom. The molecule has 1 unspecified atom stereocenters. The summed E-state index contributed by atoms with van der Waals surface area (Å²) in [4.78, 5) is -0.382. The maximum Gasteiger partial charge on any atom is 0.272 e. The molecule has 1 aliphatic carbocycles. The molecule has 1 aromatic heterocycles. The van der Waals surface area contributed by atoms with Gasteiger partial charge < -0.3 is 5.11 Å². The van der Waals surface area contributed by atoms with E-state index in [0.29, 0.717) is 5.69 Å². The third-order valence-electron chi connectivity index (χ3n) is 3.52. The van der Waals surface area contributed by atoms with Gasteiger partial charge in [-0.1, -0.05) is 17.7 Å². The monoisotopic (exact) mass is 363 g/mol. The summed E-state index contributed by atoms with van der Waals surface area (Å²) in [7, 11) is -4.05. The number of aromatic hydroxyl groups is 1. The molecule has 10 heteroatoms. The van der Waals surface area contributed by atoms with Crippen molar-refractivity contribution < 1.29 is 22.3 Å². The van der Waals surface area contributed by atoms with E-state index in [0.717, 1.165) is 4.68 Å². The number of phenols is 1. The van der Waals surface area contributed by atoms with Crippen molar-refractivity contribution in [2.24, 2.45) is 0 Å². The van der Waals surface area contributed by atoms with Crippen molar-refractivity contribution in [2.75, 3.05) is 0 Å². The van der Waals surface area contributed by atoms with Crippen LogP contribution in [-0.4, -0.2) is 29.2 Å². The molecule has 0 saturated heterocycles. The molecule has 124 valence electrons. The molecule has 1 atom stereocenters. The molecule has 1 aromatic carbocycles. The minimum atomic E-state index is -4.05. The van der Waals surface area contributed by atoms with Gasteiger partial charge in [-0.3, -0.25) is 4.68 Å². The van der Waals surface area contributed by atoms with Crippen LogP contribution in [-0.2, 0) is 16.6 Å². The fourth-order valence-electron chi connectivity index (χ4n) is 2.19. The first-order valence-electron chi connectivity index (χ1n) is 6.60. The van der Waals surface area contributed by atoms with E-state index in [1.165, 1.54) is 30.5 Å². The molecule has 1 heterocycles. The van der Waals surface area contributed by atoms with E-state index < -0.39 is 27.7 Å². The van der Waals surface area contributed by atoms with Crippen LogP contribution >= 0.6 is 11.6 Å². The predicted molar refractivity (Wildman–Crippen MR) is 78.0 cm³/mol. The van der Waals surface area contributed by atoms with Gasteiger partial charge >= 0.3 is 0 Å². The zero-order valence-electron chi connectivity index (χ0n) is 11.6. The minimum absolute atomic E-state index is 0.101. The Morgan fingerprint density at radius 1 is 1.43 bits per heavy atom. The number of nitrogens with zero attached hydrogens (tertiary/aromatic N) is 2. The van der Waals surface area contributed by atoms with Crippen LogP contribution in [0.3, 0.4) is 0 Å². The molecule has 0 radical (unpaired) electrons. The first-order valence-corrected chi connectivity index (χ1v) is 8.46. The molecule has 0 aliphatic heterocycles. The van der Waals surface area contributed by atoms with Crippen molar-refractivity contribution in [3.8, 4) is 5.75 Å². The molecule has 0 spiro atoms. The van der Waals surface area contributed by atoms with Crippen molar-refractivity contribution in [1.82, 2.24) is 14.5 Å². The highest BCUT2D eigenvalue weighted by molar-refractivity contribution is 7.89. The average Bonchev–Trinajstić information content (AvgIpc) is 2.91. The highest BCUT2D eigenvalue weighted by Crippen LogP contribution is 2.52. The van der Waals surface area contributed by atoms with Crippen LogP contribution in [0.5, 0.6) is 5.75 Å². The van der Waals surface area contributed by atoms with E-state index in [9.17, 15) is 22.3 Å². The van der Waals surface area contributed by atoms with Gasteiger partial charge in [-0.15, -0.1) is 0 Å². The second-order valence-electron chi connectivity index (χ2n) is 5.16. The molecule has 2 N–H and O–H groups in total. The van der Waals surface area contributed by atoms with Crippen molar-refractivity contribution in [2.45, 2.75) is 29.8 Å². The van der Waals surface area contributed by atoms with Crippen LogP contribution in [0, 0.1) is 0 Å². The smallest absolute Gasteiger partial charge is 0.272 e. The van der Waals surface area contributed by atoms with Gasteiger partial charge in [-0.05, 0) is 18.2 Å². The first kappa shape index (κ1) is 16.2. The summed E-state index contributed by atoms with van der Waals surface area (Å²) in [5.41, 5.74) is 0.303. The molecule has 6 nitrogen and oxygen atoms in total. The Kier molecular flexibility index (Phi) is 3.81. The number of nitrogens with one attached hydrogen (secondary N) is 1. The van der Waals surface area contributed by atoms with E-state index in [1.807, 2.05) is 0 Å². The maximum absolute atomic E-state index is 13.1. The number of rotatable bonds is 5. The fraction of sp³-hybridized carbons (Fsp3) is 0.308. The quantitative estimate of drug-likeness (QED) is 0.853. The highest BCUT2D eigenvalue weighted by Gasteiger charge is 2.59. The van der Waals surface area contributed by atoms with Gasteiger partial charge in [0.15, 0.2) is 5.75 Å². The maximum atomic E-state index is 13.1. The molecule has 3 rings (SSSR count). The molecule has 0 bridgehead atoms. The fourth-order valence-corrected chi connectivity index (χ4v) is 3.53. The van der Waals surface area contributed by atoms with Crippen molar-refractivity contribution >= 4 is 21.6 Å². The Hall–Kier alpha value is -1.71. The van der Waals surface area contributed by atoms with Gasteiger partial charge in [0.05, 0.1) is 17.3 Å². The van der Waals surface area contributed by atoms with Gasteiger partial charge in [0, 0.05) is 12.6 Å². The molecule has 0 amide bonds. The normalized spacial score (nSPS) is 19.7. The summed E-state index contributed by atoms with van der Waals surface area (Å²) in [5, 5.41) is 13.5. The predicted octanol–water partition coefficient (Wildman–Crippen LogP) is 2.30. The van der Waals surface area contributed by atoms with Crippen LogP contribution in [0.2, 0.25) is 5.02 Å². The number of phenolic OH excluding ortho intramolecular Hbond substituents is 1. The molecule has 1 saturated carbocycles. The highest BCUT2D eigenvalue weighted by atomic mass is 35.5. The summed E-state index contributed by atoms with van der Waals surface area (Å²) in [6.07, 6.45) is 1.01. The third kappa shape index (κ3) is 3.04. The lowest BCUT2D eigenvalue weighted by Crippen LogP contribution is -2.25. The van der Waals surface area contributed by atoms with Crippen molar-refractivity contribution in [3.05, 3.63) is 41.2 Å². The SMILES string of the molecule is O=S(=O)(NCc1ccnn1C1CC1(F)F)c1cccc(Cl)c1O. The number of para-hydroxylation sites is 1. The van der Waals surface area contributed by atoms with Crippen LogP contribution in [0.4, 0.5) is 8.78 Å². The Balaban J connectivity index is 1.79. The second kappa shape index (κ2) is 5.43. The van der Waals surface area contributed by atoms with Crippen LogP contribution in [0.25, 0.3) is 0 Å². The topological polar surface area (TPSA) is 84.2 Å². The number of alkyl halides is 2. The number of sulfonamides is 1. The first-order chi connectivity index (χ1) is 10.7. The number of hydrogen-bond donors (Lipinski definition) is 2. The lowest BCUT2D eigenvalue weighted by molar-refractivity contribution is 0.0977. The average molecular weight is 364 g/mol. The Bertz CT molecular complexity index is 854. The molecular weight excluding hydrogens is 352 g/mol. The van der Waals surface area contributed by atoms with E-state index in [1.54, 1.807) is 0 Å². The van der Waals surface area contributed by atoms with E-state index in [4.69, 9.17) is 11.6 Å². The molecule has 1 fully saturated rings. The number of benzene rings is 1. The van der Waals surface area contributed by atoms with E-state index in [2.05, 4.69) is 9.82 Å². The van der Waals surface area contributed by atoms with Crippen LogP contribution in [0.1, 0.15) is 18.2 Å². The van der Waals surface area contributed by atoms with Gasteiger partial charge in [-0.25, -0.2) is 21.9 Å². The van der Waals surface area contributed by atoms with Gasteiger partial charge in [-0.2, -0.15) is 5.10 Å². The zero-order valence-corrected chi connectivity index (χ0v) is 13.2. The van der Waals surface area contributed by atoms with Gasteiger partial charge in [0.2, 0.25) is 10.0 Å². The van der Waals surface area contributed by atoms with Crippen LogP contribution in [0.15, 0.2) is 35.4 Å². The lowest BCUT2D eigenvalue weighted by Gasteiger charge is -2.10. The number of halogens is 3. The van der Waals surface area contributed by atoms with E-state index >= 15 is 0 Å². The summed E-state index contributed by atoms with van der Waals surface area (Å²) >= 11 is 5.69. The van der Waals surface area contributed by atoms with Crippen molar-refractivity contribution in [1.29, 1.82) is 0 Å². The largest absolute Gasteiger partial charge is 0.505 e. The van der Waals surface area contributed by atoms with Crippen molar-refractivity contribution in [3.63, 3.8) is 0 Å². The van der Waals surface area contributed by atoms with E-state index in [-0.39, 0.29) is 22.9 Å². The second-order valence-corrected chi connectivity index (χ2v) is 7.30. The van der Waals surface area contributed by atoms with Gasteiger partial charge in [0.25, 0.3) is 5.92 Å². The number of hydrogen-bond acceptors (Lipinski definition) is 4. The molecular formula is C13H12ClF2N3O3S. The lowest BCUT2D eigenvalue weighted by atomic mass is 10.3. The standard InChI is InChI=1S/C13H12ClF2N3O3S/c14-9-2-1-3-10(12(9)20)23(21,22)18-7-8-4-5-17-19(8)11-6-13(11,15)16/h1-5,11,18,20H,6-7H2. The Labute approximate surface area is 135 Å². The third-order valence-corrected chi connectivity index (χ3v) is 5.26.